The largest absolute Gasteiger partial charge is 0.206 e. The van der Waals surface area contributed by atoms with E-state index in [0.29, 0.717) is 0 Å². The number of aryl methyl sites for hydroxylation is 1. The summed E-state index contributed by atoms with van der Waals surface area (Å²) in [4.78, 5) is 0.752. The van der Waals surface area contributed by atoms with Gasteiger partial charge in [-0.3, -0.25) is 0 Å². The molecule has 0 unspecified atom stereocenters. The molecule has 1 aromatic carbocycles. The Morgan fingerprint density at radius 2 is 1.83 bits per heavy atom. The predicted molar refractivity (Wildman–Crippen MR) is 54.3 cm³/mol. The summed E-state index contributed by atoms with van der Waals surface area (Å²) in [5, 5.41) is 0. The molecular weight excluding hydrogens is 171 g/mol. The van der Waals surface area contributed by atoms with Gasteiger partial charge in [-0.25, -0.2) is 4.39 Å². The van der Waals surface area contributed by atoms with Gasteiger partial charge in [0.1, 0.15) is 5.82 Å². The topological polar surface area (TPSA) is 0 Å². The van der Waals surface area contributed by atoms with Gasteiger partial charge in [0, 0.05) is 4.90 Å². The van der Waals surface area contributed by atoms with E-state index in [1.807, 2.05) is 33.1 Å². The van der Waals surface area contributed by atoms with Gasteiger partial charge in [-0.05, 0) is 24.8 Å². The first-order chi connectivity index (χ1) is 5.75. The minimum Gasteiger partial charge on any atom is -0.206 e. The van der Waals surface area contributed by atoms with Crippen molar-refractivity contribution < 1.29 is 4.39 Å². The predicted octanol–water partition coefficient (Wildman–Crippen LogP) is 3.88. The molecule has 1 aromatic rings. The Kier molecular flexibility index (Phi) is 5.81. The number of hydrogen-bond acceptors (Lipinski definition) is 1. The second-order valence-electron chi connectivity index (χ2n) is 2.09. The van der Waals surface area contributed by atoms with E-state index in [9.17, 15) is 4.39 Å². The van der Waals surface area contributed by atoms with Gasteiger partial charge in [-0.1, -0.05) is 26.0 Å². The molecule has 1 rings (SSSR count). The van der Waals surface area contributed by atoms with E-state index < -0.39 is 0 Å². The van der Waals surface area contributed by atoms with Gasteiger partial charge in [0.2, 0.25) is 0 Å². The van der Waals surface area contributed by atoms with Gasteiger partial charge in [0.05, 0.1) is 0 Å². The average Bonchev–Trinajstić information content (AvgIpc) is 2.08. The maximum Gasteiger partial charge on any atom is 0.137 e. The molecule has 12 heavy (non-hydrogen) atoms. The summed E-state index contributed by atoms with van der Waals surface area (Å²) < 4.78 is 12.8. The zero-order valence-electron chi connectivity index (χ0n) is 8.02. The van der Waals surface area contributed by atoms with Crippen LogP contribution >= 0.6 is 11.8 Å². The Labute approximate surface area is 78.2 Å². The average molecular weight is 186 g/mol. The highest BCUT2D eigenvalue weighted by Gasteiger charge is 2.01. The Bertz CT molecular complexity index is 213. The van der Waals surface area contributed by atoms with Gasteiger partial charge >= 0.3 is 0 Å². The van der Waals surface area contributed by atoms with Crippen molar-refractivity contribution in [1.82, 2.24) is 0 Å². The lowest BCUT2D eigenvalue weighted by molar-refractivity contribution is 0.599. The molecular formula is C10H15FS. The maximum atomic E-state index is 12.8. The first-order valence-electron chi connectivity index (χ1n) is 4.05. The van der Waals surface area contributed by atoms with Crippen molar-refractivity contribution in [3.63, 3.8) is 0 Å². The van der Waals surface area contributed by atoms with E-state index in [1.54, 1.807) is 6.07 Å². The van der Waals surface area contributed by atoms with E-state index in [-0.39, 0.29) is 5.82 Å². The molecule has 0 fully saturated rings. The monoisotopic (exact) mass is 186 g/mol. The third-order valence-corrected chi connectivity index (χ3v) is 2.29. The van der Waals surface area contributed by atoms with Gasteiger partial charge in [-0.2, -0.15) is 0 Å². The lowest BCUT2D eigenvalue weighted by atomic mass is 10.2. The van der Waals surface area contributed by atoms with Crippen molar-refractivity contribution in [2.24, 2.45) is 0 Å². The first-order valence-corrected chi connectivity index (χ1v) is 5.27. The van der Waals surface area contributed by atoms with Crippen molar-refractivity contribution in [1.29, 1.82) is 0 Å². The number of halogens is 1. The third kappa shape index (κ3) is 2.86. The SMILES string of the molecule is CC.CSc1c(C)cccc1F. The number of rotatable bonds is 1. The molecule has 0 nitrogen and oxygen atoms in total. The molecule has 0 N–H and O–H groups in total. The van der Waals surface area contributed by atoms with Crippen molar-refractivity contribution >= 4 is 11.8 Å². The third-order valence-electron chi connectivity index (χ3n) is 1.37. The summed E-state index contributed by atoms with van der Waals surface area (Å²) in [5.41, 5.74) is 1.01. The van der Waals surface area contributed by atoms with E-state index in [1.165, 1.54) is 17.8 Å². The molecule has 0 saturated carbocycles. The molecule has 68 valence electrons. The minimum atomic E-state index is -0.118. The molecule has 0 aliphatic heterocycles. The van der Waals surface area contributed by atoms with Gasteiger partial charge in [-0.15, -0.1) is 11.8 Å². The van der Waals surface area contributed by atoms with Crippen molar-refractivity contribution in [3.8, 4) is 0 Å². The Morgan fingerprint density at radius 1 is 1.25 bits per heavy atom. The van der Waals surface area contributed by atoms with Crippen LogP contribution in [0.15, 0.2) is 23.1 Å². The Hall–Kier alpha value is -0.500. The fourth-order valence-corrected chi connectivity index (χ4v) is 1.53. The second kappa shape index (κ2) is 6.06. The first kappa shape index (κ1) is 11.5. The van der Waals surface area contributed by atoms with Crippen LogP contribution in [0.3, 0.4) is 0 Å². The number of hydrogen-bond donors (Lipinski definition) is 0. The smallest absolute Gasteiger partial charge is 0.137 e. The van der Waals surface area contributed by atoms with E-state index in [4.69, 9.17) is 0 Å². The lowest BCUT2D eigenvalue weighted by Gasteiger charge is -2.01. The number of benzene rings is 1. The van der Waals surface area contributed by atoms with Crippen molar-refractivity contribution in [3.05, 3.63) is 29.6 Å². The van der Waals surface area contributed by atoms with E-state index >= 15 is 0 Å². The standard InChI is InChI=1S/C8H9FS.C2H6/c1-6-4-3-5-7(9)8(6)10-2;1-2/h3-5H,1-2H3;1-2H3. The van der Waals surface area contributed by atoms with Crippen LogP contribution in [-0.2, 0) is 0 Å². The number of thioether (sulfide) groups is 1. The van der Waals surface area contributed by atoms with Crippen molar-refractivity contribution in [2.45, 2.75) is 25.7 Å². The van der Waals surface area contributed by atoms with Crippen LogP contribution in [0.4, 0.5) is 4.39 Å². The summed E-state index contributed by atoms with van der Waals surface area (Å²) in [6.45, 7) is 5.91. The fraction of sp³-hybridized carbons (Fsp3) is 0.400. The molecule has 0 radical (unpaired) electrons. The Balaban J connectivity index is 0.000000561. The summed E-state index contributed by atoms with van der Waals surface area (Å²) in [6, 6.07) is 5.12. The molecule has 0 heterocycles. The second-order valence-corrected chi connectivity index (χ2v) is 2.91. The summed E-state index contributed by atoms with van der Waals surface area (Å²) >= 11 is 1.45. The zero-order chi connectivity index (χ0) is 9.56. The highest BCUT2D eigenvalue weighted by atomic mass is 32.2. The molecule has 2 heteroatoms. The molecule has 0 amide bonds. The zero-order valence-corrected chi connectivity index (χ0v) is 8.83. The van der Waals surface area contributed by atoms with Crippen LogP contribution in [0.25, 0.3) is 0 Å². The highest BCUT2D eigenvalue weighted by molar-refractivity contribution is 7.98. The van der Waals surface area contributed by atoms with Gasteiger partial charge < -0.3 is 0 Å². The summed E-state index contributed by atoms with van der Waals surface area (Å²) in [6.07, 6.45) is 1.88. The van der Waals surface area contributed by atoms with E-state index in [0.717, 1.165) is 10.5 Å². The fourth-order valence-electron chi connectivity index (χ4n) is 0.875. The van der Waals surface area contributed by atoms with Gasteiger partial charge in [0.25, 0.3) is 0 Å². The van der Waals surface area contributed by atoms with Crippen LogP contribution < -0.4 is 0 Å². The van der Waals surface area contributed by atoms with E-state index in [2.05, 4.69) is 0 Å². The Morgan fingerprint density at radius 3 is 2.17 bits per heavy atom. The highest BCUT2D eigenvalue weighted by Crippen LogP contribution is 2.22. The summed E-state index contributed by atoms with van der Waals surface area (Å²) in [5.74, 6) is -0.118. The van der Waals surface area contributed by atoms with Crippen LogP contribution in [0, 0.1) is 12.7 Å². The van der Waals surface area contributed by atoms with Crippen LogP contribution in [-0.4, -0.2) is 6.26 Å². The molecule has 0 aliphatic rings. The molecule has 0 aromatic heterocycles. The molecule has 0 atom stereocenters. The van der Waals surface area contributed by atoms with Crippen LogP contribution in [0.5, 0.6) is 0 Å². The van der Waals surface area contributed by atoms with Gasteiger partial charge in [0.15, 0.2) is 0 Å². The minimum absolute atomic E-state index is 0.118. The molecule has 0 spiro atoms. The quantitative estimate of drug-likeness (QED) is 0.600. The maximum absolute atomic E-state index is 12.8. The van der Waals surface area contributed by atoms with Crippen molar-refractivity contribution in [2.75, 3.05) is 6.26 Å². The molecule has 0 saturated heterocycles. The normalized spacial score (nSPS) is 8.75. The van der Waals surface area contributed by atoms with Crippen LogP contribution in [0.1, 0.15) is 19.4 Å². The summed E-state index contributed by atoms with van der Waals surface area (Å²) in [7, 11) is 0. The lowest BCUT2D eigenvalue weighted by Crippen LogP contribution is -1.83. The van der Waals surface area contributed by atoms with Crippen LogP contribution in [0.2, 0.25) is 0 Å². The molecule has 0 aliphatic carbocycles. The molecule has 0 bridgehead atoms.